The number of carbonyl (C=O) groups is 1. The number of nitrogens with one attached hydrogen (secondary N) is 1. The van der Waals surface area contributed by atoms with Gasteiger partial charge in [0.25, 0.3) is 0 Å². The van der Waals surface area contributed by atoms with E-state index in [4.69, 9.17) is 0 Å². The molecule has 0 atom stereocenters. The zero-order valence-corrected chi connectivity index (χ0v) is 10.1. The van der Waals surface area contributed by atoms with Crippen molar-refractivity contribution in [2.75, 3.05) is 19.6 Å². The molecule has 0 aliphatic carbocycles. The first kappa shape index (κ1) is 13.8. The van der Waals surface area contributed by atoms with Crippen LogP contribution in [-0.4, -0.2) is 30.6 Å². The number of urea groups is 1. The fourth-order valence-electron chi connectivity index (χ4n) is 1.19. The first-order valence-electron chi connectivity index (χ1n) is 5.29. The van der Waals surface area contributed by atoms with Gasteiger partial charge >= 0.3 is 6.03 Å². The van der Waals surface area contributed by atoms with E-state index in [2.05, 4.69) is 18.5 Å². The lowest BCUT2D eigenvalue weighted by molar-refractivity contribution is 0.206. The Balaban J connectivity index is 4.26. The molecule has 3 heteroatoms. The summed E-state index contributed by atoms with van der Waals surface area (Å²) in [5, 5.41) is 2.85. The van der Waals surface area contributed by atoms with E-state index in [1.165, 1.54) is 0 Å². The third-order valence-corrected chi connectivity index (χ3v) is 1.73. The van der Waals surface area contributed by atoms with Gasteiger partial charge in [0.15, 0.2) is 0 Å². The predicted molar refractivity (Wildman–Crippen MR) is 64.9 cm³/mol. The van der Waals surface area contributed by atoms with Gasteiger partial charge in [0, 0.05) is 19.6 Å². The van der Waals surface area contributed by atoms with Crippen LogP contribution in [0.4, 0.5) is 4.79 Å². The molecule has 0 radical (unpaired) electrons. The zero-order chi connectivity index (χ0) is 11.8. The molecule has 0 aromatic rings. The van der Waals surface area contributed by atoms with Gasteiger partial charge in [-0.25, -0.2) is 4.79 Å². The van der Waals surface area contributed by atoms with E-state index >= 15 is 0 Å². The average Bonchev–Trinajstić information content (AvgIpc) is 2.11. The van der Waals surface area contributed by atoms with Gasteiger partial charge in [0.2, 0.25) is 0 Å². The molecule has 0 unspecified atom stereocenters. The van der Waals surface area contributed by atoms with E-state index in [9.17, 15) is 4.79 Å². The van der Waals surface area contributed by atoms with Crippen molar-refractivity contribution in [2.24, 2.45) is 0 Å². The van der Waals surface area contributed by atoms with Gasteiger partial charge < -0.3 is 10.2 Å². The minimum atomic E-state index is -0.0390. The molecule has 0 aromatic carbocycles. The van der Waals surface area contributed by atoms with Crippen LogP contribution in [0.25, 0.3) is 0 Å². The number of carbonyl (C=O) groups excluding carboxylic acids is 1. The Morgan fingerprint density at radius 2 is 1.67 bits per heavy atom. The summed E-state index contributed by atoms with van der Waals surface area (Å²) in [6.07, 6.45) is 0.944. The molecular weight excluding hydrogens is 188 g/mol. The monoisotopic (exact) mass is 210 g/mol. The lowest BCUT2D eigenvalue weighted by Gasteiger charge is -2.23. The van der Waals surface area contributed by atoms with Gasteiger partial charge in [-0.05, 0) is 20.3 Å². The van der Waals surface area contributed by atoms with Crippen molar-refractivity contribution in [3.05, 3.63) is 24.3 Å². The summed E-state index contributed by atoms with van der Waals surface area (Å²) in [6, 6.07) is -0.0390. The molecule has 0 saturated heterocycles. The van der Waals surface area contributed by atoms with Crippen molar-refractivity contribution in [1.82, 2.24) is 10.2 Å². The lowest BCUT2D eigenvalue weighted by Crippen LogP contribution is -2.41. The third-order valence-electron chi connectivity index (χ3n) is 1.73. The Morgan fingerprint density at radius 3 is 2.00 bits per heavy atom. The molecule has 15 heavy (non-hydrogen) atoms. The van der Waals surface area contributed by atoms with E-state index in [0.717, 1.165) is 17.6 Å². The van der Waals surface area contributed by atoms with Crippen LogP contribution in [0.3, 0.4) is 0 Å². The Bertz CT molecular complexity index is 230. The predicted octanol–water partition coefficient (Wildman–Crippen LogP) is 2.56. The van der Waals surface area contributed by atoms with Crippen molar-refractivity contribution >= 4 is 6.03 Å². The second-order valence-corrected chi connectivity index (χ2v) is 4.00. The molecule has 0 saturated carbocycles. The Labute approximate surface area is 92.8 Å². The van der Waals surface area contributed by atoms with Crippen LogP contribution in [0, 0.1) is 0 Å². The van der Waals surface area contributed by atoms with E-state index in [-0.39, 0.29) is 6.03 Å². The lowest BCUT2D eigenvalue weighted by atomic mass is 10.2. The van der Waals surface area contributed by atoms with Crippen molar-refractivity contribution in [1.29, 1.82) is 0 Å². The van der Waals surface area contributed by atoms with Crippen molar-refractivity contribution in [2.45, 2.75) is 27.2 Å². The highest BCUT2D eigenvalue weighted by atomic mass is 16.2. The van der Waals surface area contributed by atoms with Crippen LogP contribution in [0.5, 0.6) is 0 Å². The molecule has 0 aromatic heterocycles. The third kappa shape index (κ3) is 6.77. The number of rotatable bonds is 6. The summed E-state index contributed by atoms with van der Waals surface area (Å²) in [7, 11) is 0. The normalized spacial score (nSPS) is 9.53. The van der Waals surface area contributed by atoms with Crippen molar-refractivity contribution in [3.8, 4) is 0 Å². The van der Waals surface area contributed by atoms with E-state index < -0.39 is 0 Å². The maximum Gasteiger partial charge on any atom is 0.317 e. The molecule has 0 bridgehead atoms. The summed E-state index contributed by atoms with van der Waals surface area (Å²) in [5.41, 5.74) is 1.95. The highest BCUT2D eigenvalue weighted by Crippen LogP contribution is 2.01. The molecule has 0 aliphatic heterocycles. The van der Waals surface area contributed by atoms with Crippen LogP contribution >= 0.6 is 0 Å². The summed E-state index contributed by atoms with van der Waals surface area (Å²) in [4.78, 5) is 13.4. The number of hydrogen-bond donors (Lipinski definition) is 1. The molecular formula is C12H22N2O. The molecule has 0 spiro atoms. The highest BCUT2D eigenvalue weighted by Gasteiger charge is 2.12. The van der Waals surface area contributed by atoms with Crippen molar-refractivity contribution in [3.63, 3.8) is 0 Å². The Morgan fingerprint density at radius 1 is 1.20 bits per heavy atom. The molecule has 0 fully saturated rings. The van der Waals surface area contributed by atoms with Crippen LogP contribution in [0.1, 0.15) is 27.2 Å². The van der Waals surface area contributed by atoms with Crippen LogP contribution < -0.4 is 5.32 Å². The second-order valence-electron chi connectivity index (χ2n) is 4.00. The summed E-state index contributed by atoms with van der Waals surface area (Å²) in [6.45, 7) is 15.4. The average molecular weight is 210 g/mol. The van der Waals surface area contributed by atoms with Crippen LogP contribution in [0.2, 0.25) is 0 Å². The van der Waals surface area contributed by atoms with Crippen LogP contribution in [0.15, 0.2) is 24.3 Å². The SMILES string of the molecule is C=C(C)CN(CC(=C)C)C(=O)NCCC. The fourth-order valence-corrected chi connectivity index (χ4v) is 1.19. The first-order valence-corrected chi connectivity index (χ1v) is 5.29. The van der Waals surface area contributed by atoms with E-state index in [0.29, 0.717) is 19.6 Å². The maximum atomic E-state index is 11.7. The van der Waals surface area contributed by atoms with Gasteiger partial charge in [-0.1, -0.05) is 31.2 Å². The molecule has 3 nitrogen and oxygen atoms in total. The van der Waals surface area contributed by atoms with Gasteiger partial charge in [0.05, 0.1) is 0 Å². The first-order chi connectivity index (χ1) is 6.97. The zero-order valence-electron chi connectivity index (χ0n) is 10.1. The Hall–Kier alpha value is -1.25. The maximum absolute atomic E-state index is 11.7. The van der Waals surface area contributed by atoms with E-state index in [1.807, 2.05) is 20.8 Å². The molecule has 1 N–H and O–H groups in total. The van der Waals surface area contributed by atoms with Gasteiger partial charge in [-0.2, -0.15) is 0 Å². The van der Waals surface area contributed by atoms with Gasteiger partial charge in [-0.15, -0.1) is 0 Å². The Kier molecular flexibility index (Phi) is 6.50. The fraction of sp³-hybridized carbons (Fsp3) is 0.583. The standard InChI is InChI=1S/C12H22N2O/c1-6-7-13-12(15)14(8-10(2)3)9-11(4)5/h2,4,6-9H2,1,3,5H3,(H,13,15). The number of amides is 2. The quantitative estimate of drug-likeness (QED) is 0.671. The second kappa shape index (κ2) is 7.10. The highest BCUT2D eigenvalue weighted by molar-refractivity contribution is 5.74. The van der Waals surface area contributed by atoms with Gasteiger partial charge in [-0.3, -0.25) is 0 Å². The summed E-state index contributed by atoms with van der Waals surface area (Å²) >= 11 is 0. The largest absolute Gasteiger partial charge is 0.338 e. The van der Waals surface area contributed by atoms with Crippen molar-refractivity contribution < 1.29 is 4.79 Å². The molecule has 0 rings (SSSR count). The summed E-state index contributed by atoms with van der Waals surface area (Å²) < 4.78 is 0. The molecule has 86 valence electrons. The molecule has 0 aliphatic rings. The molecule has 2 amide bonds. The minimum Gasteiger partial charge on any atom is -0.338 e. The number of hydrogen-bond acceptors (Lipinski definition) is 1. The summed E-state index contributed by atoms with van der Waals surface area (Å²) in [5.74, 6) is 0. The smallest absolute Gasteiger partial charge is 0.317 e. The van der Waals surface area contributed by atoms with Crippen LogP contribution in [-0.2, 0) is 0 Å². The van der Waals surface area contributed by atoms with E-state index in [1.54, 1.807) is 4.90 Å². The molecule has 0 heterocycles. The van der Waals surface area contributed by atoms with Gasteiger partial charge in [0.1, 0.15) is 0 Å². The number of nitrogens with zero attached hydrogens (tertiary/aromatic N) is 1. The minimum absolute atomic E-state index is 0.0390. The topological polar surface area (TPSA) is 32.3 Å².